The van der Waals surface area contributed by atoms with E-state index in [1.807, 2.05) is 12.2 Å². The van der Waals surface area contributed by atoms with E-state index in [9.17, 15) is 14.4 Å². The molecule has 6 heteroatoms. The zero-order valence-corrected chi connectivity index (χ0v) is 10.9. The highest BCUT2D eigenvalue weighted by Gasteiger charge is 2.19. The van der Waals surface area contributed by atoms with Gasteiger partial charge < -0.3 is 11.1 Å². The number of carbonyl (C=O) groups excluding carboxylic acids is 3. The molecule has 19 heavy (non-hydrogen) atoms. The van der Waals surface area contributed by atoms with Crippen LogP contribution in [-0.2, 0) is 9.59 Å². The Hall–Kier alpha value is -2.37. The van der Waals surface area contributed by atoms with Gasteiger partial charge in [0.25, 0.3) is 5.91 Å². The van der Waals surface area contributed by atoms with Crippen molar-refractivity contribution >= 4 is 23.4 Å². The van der Waals surface area contributed by atoms with E-state index in [1.54, 1.807) is 25.1 Å². The van der Waals surface area contributed by atoms with E-state index in [-0.39, 0.29) is 17.3 Å². The molecule has 0 fully saturated rings. The van der Waals surface area contributed by atoms with E-state index in [2.05, 4.69) is 5.32 Å². The number of hydrogen-bond acceptors (Lipinski definition) is 4. The van der Waals surface area contributed by atoms with E-state index in [4.69, 9.17) is 5.73 Å². The summed E-state index contributed by atoms with van der Waals surface area (Å²) in [4.78, 5) is 34.7. The van der Waals surface area contributed by atoms with Crippen LogP contribution in [0.5, 0.6) is 0 Å². The third kappa shape index (κ3) is 4.09. The van der Waals surface area contributed by atoms with Gasteiger partial charge in [0.2, 0.25) is 0 Å². The van der Waals surface area contributed by atoms with Gasteiger partial charge in [0.1, 0.15) is 0 Å². The van der Waals surface area contributed by atoms with Gasteiger partial charge in [-0.2, -0.15) is 0 Å². The fraction of sp³-hybridized carbons (Fsp3) is 0.308. The molecule has 0 aliphatic heterocycles. The average molecular weight is 263 g/mol. The van der Waals surface area contributed by atoms with Crippen LogP contribution in [0.15, 0.2) is 24.3 Å². The quantitative estimate of drug-likeness (QED) is 0.544. The van der Waals surface area contributed by atoms with Crippen LogP contribution >= 0.6 is 0 Å². The zero-order chi connectivity index (χ0) is 14.4. The molecule has 1 aromatic carbocycles. The van der Waals surface area contributed by atoms with Gasteiger partial charge in [0, 0.05) is 11.7 Å². The Morgan fingerprint density at radius 3 is 2.42 bits per heavy atom. The number of carbonyl (C=O) groups is 3. The molecule has 0 aromatic heterocycles. The summed E-state index contributed by atoms with van der Waals surface area (Å²) in [5.41, 5.74) is 6.01. The largest absolute Gasteiger partial charge is 0.398 e. The minimum Gasteiger partial charge on any atom is -0.398 e. The topological polar surface area (TPSA) is 101 Å². The monoisotopic (exact) mass is 263 g/mol. The van der Waals surface area contributed by atoms with Gasteiger partial charge in [-0.1, -0.05) is 19.1 Å². The number of rotatable bonds is 3. The first-order valence-electron chi connectivity index (χ1n) is 5.96. The standard InChI is InChI=1S/C13H17N3O3/c1-3-8(2)15-12(18)13(19)16-11(17)9-6-4-5-7-10(9)14/h4-8H,3,14H2,1-2H3,(H,15,18)(H,16,17,19). The Bertz CT molecular complexity index is 500. The molecule has 1 unspecified atom stereocenters. The molecule has 4 N–H and O–H groups in total. The lowest BCUT2D eigenvalue weighted by Crippen LogP contribution is -2.45. The molecule has 0 heterocycles. The maximum absolute atomic E-state index is 11.7. The van der Waals surface area contributed by atoms with Crippen molar-refractivity contribution in [3.63, 3.8) is 0 Å². The van der Waals surface area contributed by atoms with Crippen molar-refractivity contribution in [2.24, 2.45) is 0 Å². The van der Waals surface area contributed by atoms with Crippen molar-refractivity contribution in [1.82, 2.24) is 10.6 Å². The van der Waals surface area contributed by atoms with Crippen molar-refractivity contribution in [2.75, 3.05) is 5.73 Å². The van der Waals surface area contributed by atoms with E-state index >= 15 is 0 Å². The third-order valence-corrected chi connectivity index (χ3v) is 2.63. The summed E-state index contributed by atoms with van der Waals surface area (Å²) in [5.74, 6) is -2.52. The Balaban J connectivity index is 2.65. The highest BCUT2D eigenvalue weighted by Crippen LogP contribution is 2.09. The molecule has 1 rings (SSSR count). The van der Waals surface area contributed by atoms with Crippen LogP contribution in [0.2, 0.25) is 0 Å². The second-order valence-corrected chi connectivity index (χ2v) is 4.15. The number of para-hydroxylation sites is 1. The number of hydrogen-bond donors (Lipinski definition) is 3. The SMILES string of the molecule is CCC(C)NC(=O)C(=O)NC(=O)c1ccccc1N. The Kier molecular flexibility index (Phi) is 5.05. The first-order chi connectivity index (χ1) is 8.95. The summed E-state index contributed by atoms with van der Waals surface area (Å²) >= 11 is 0. The second kappa shape index (κ2) is 6.53. The first kappa shape index (κ1) is 14.7. The van der Waals surface area contributed by atoms with Crippen molar-refractivity contribution < 1.29 is 14.4 Å². The molecule has 102 valence electrons. The first-order valence-corrected chi connectivity index (χ1v) is 5.96. The molecule has 3 amide bonds. The van der Waals surface area contributed by atoms with Gasteiger partial charge in [-0.15, -0.1) is 0 Å². The summed E-state index contributed by atoms with van der Waals surface area (Å²) < 4.78 is 0. The molecular formula is C13H17N3O3. The molecule has 1 aromatic rings. The molecule has 0 radical (unpaired) electrons. The van der Waals surface area contributed by atoms with E-state index in [0.29, 0.717) is 6.42 Å². The van der Waals surface area contributed by atoms with Crippen molar-refractivity contribution in [3.05, 3.63) is 29.8 Å². The van der Waals surface area contributed by atoms with Crippen molar-refractivity contribution in [1.29, 1.82) is 0 Å². The second-order valence-electron chi connectivity index (χ2n) is 4.15. The predicted molar refractivity (Wildman–Crippen MR) is 71.2 cm³/mol. The van der Waals surface area contributed by atoms with Crippen LogP contribution in [-0.4, -0.2) is 23.8 Å². The zero-order valence-electron chi connectivity index (χ0n) is 10.9. The van der Waals surface area contributed by atoms with Crippen LogP contribution < -0.4 is 16.4 Å². The number of benzene rings is 1. The summed E-state index contributed by atoms with van der Waals surface area (Å²) in [6, 6.07) is 6.18. The number of amides is 3. The molecule has 0 aliphatic rings. The minimum atomic E-state index is -0.992. The lowest BCUT2D eigenvalue weighted by molar-refractivity contribution is -0.139. The van der Waals surface area contributed by atoms with E-state index in [0.717, 1.165) is 0 Å². The lowest BCUT2D eigenvalue weighted by atomic mass is 10.1. The number of nitrogens with one attached hydrogen (secondary N) is 2. The molecule has 0 bridgehead atoms. The van der Waals surface area contributed by atoms with Crippen molar-refractivity contribution in [3.8, 4) is 0 Å². The number of imide groups is 1. The molecule has 0 saturated carbocycles. The van der Waals surface area contributed by atoms with Crippen LogP contribution in [0.3, 0.4) is 0 Å². The van der Waals surface area contributed by atoms with Crippen LogP contribution in [0.25, 0.3) is 0 Å². The summed E-state index contributed by atoms with van der Waals surface area (Å²) in [5, 5.41) is 4.46. The van der Waals surface area contributed by atoms with Gasteiger partial charge in [-0.3, -0.25) is 19.7 Å². The van der Waals surface area contributed by atoms with Crippen LogP contribution in [0.4, 0.5) is 5.69 Å². The summed E-state index contributed by atoms with van der Waals surface area (Å²) in [6.07, 6.45) is 0.693. The van der Waals surface area contributed by atoms with E-state index < -0.39 is 17.7 Å². The average Bonchev–Trinajstić information content (AvgIpc) is 2.38. The molecular weight excluding hydrogens is 246 g/mol. The van der Waals surface area contributed by atoms with Crippen molar-refractivity contribution in [2.45, 2.75) is 26.3 Å². The molecule has 1 atom stereocenters. The highest BCUT2D eigenvalue weighted by atomic mass is 16.2. The number of anilines is 1. The van der Waals surface area contributed by atoms with E-state index in [1.165, 1.54) is 6.07 Å². The lowest BCUT2D eigenvalue weighted by Gasteiger charge is -2.11. The molecule has 0 aliphatic carbocycles. The van der Waals surface area contributed by atoms with Gasteiger partial charge in [-0.25, -0.2) is 0 Å². The van der Waals surface area contributed by atoms with Gasteiger partial charge in [0.05, 0.1) is 5.56 Å². The molecule has 6 nitrogen and oxygen atoms in total. The summed E-state index contributed by atoms with van der Waals surface area (Å²) in [6.45, 7) is 3.64. The van der Waals surface area contributed by atoms with Gasteiger partial charge in [-0.05, 0) is 25.5 Å². The van der Waals surface area contributed by atoms with Gasteiger partial charge in [0.15, 0.2) is 0 Å². The fourth-order valence-corrected chi connectivity index (χ4v) is 1.32. The smallest absolute Gasteiger partial charge is 0.316 e. The normalized spacial score (nSPS) is 11.5. The maximum atomic E-state index is 11.7. The summed E-state index contributed by atoms with van der Waals surface area (Å²) in [7, 11) is 0. The number of nitrogens with two attached hydrogens (primary N) is 1. The van der Waals surface area contributed by atoms with Crippen LogP contribution in [0.1, 0.15) is 30.6 Å². The Morgan fingerprint density at radius 2 is 1.84 bits per heavy atom. The van der Waals surface area contributed by atoms with Gasteiger partial charge >= 0.3 is 11.8 Å². The van der Waals surface area contributed by atoms with Crippen LogP contribution in [0, 0.1) is 0 Å². The third-order valence-electron chi connectivity index (χ3n) is 2.63. The predicted octanol–water partition coefficient (Wildman–Crippen LogP) is 0.440. The molecule has 0 spiro atoms. The minimum absolute atomic E-state index is 0.129. The fourth-order valence-electron chi connectivity index (χ4n) is 1.32. The molecule has 0 saturated heterocycles. The Morgan fingerprint density at radius 1 is 1.21 bits per heavy atom. The highest BCUT2D eigenvalue weighted by molar-refractivity contribution is 6.38. The number of nitrogen functional groups attached to an aromatic ring is 1. The maximum Gasteiger partial charge on any atom is 0.316 e. The Labute approximate surface area is 111 Å².